The molecule has 5 nitrogen and oxygen atoms in total. The summed E-state index contributed by atoms with van der Waals surface area (Å²) < 4.78 is 5.78. The van der Waals surface area contributed by atoms with E-state index in [0.717, 1.165) is 18.4 Å². The highest BCUT2D eigenvalue weighted by Gasteiger charge is 2.27. The molecule has 1 atom stereocenters. The molecular weight excluding hydrogens is 346 g/mol. The molecule has 1 aliphatic rings. The fraction of sp³-hybridized carbons (Fsp3) is 0.550. The van der Waals surface area contributed by atoms with Gasteiger partial charge in [-0.15, -0.1) is 10.2 Å². The van der Waals surface area contributed by atoms with Crippen LogP contribution < -0.4 is 0 Å². The summed E-state index contributed by atoms with van der Waals surface area (Å²) in [6, 6.07) is 6.44. The number of benzene rings is 1. The van der Waals surface area contributed by atoms with E-state index in [9.17, 15) is 4.79 Å². The molecule has 1 heterocycles. The van der Waals surface area contributed by atoms with Gasteiger partial charge in [0.05, 0.1) is 5.25 Å². The number of rotatable bonds is 5. The molecule has 3 rings (SSSR count). The van der Waals surface area contributed by atoms with Crippen molar-refractivity contribution in [2.24, 2.45) is 0 Å². The van der Waals surface area contributed by atoms with Crippen molar-refractivity contribution in [3.05, 3.63) is 29.3 Å². The number of hydrogen-bond donors (Lipinski definition) is 0. The molecule has 26 heavy (non-hydrogen) atoms. The number of aryl methyl sites for hydroxylation is 2. The SMILES string of the molecule is Cc1ccc(-c2nnc(SC(C)C(=O)N(C)C3CCCCC3)o2)cc1C. The molecular formula is C20H27N3O2S. The third-order valence-corrected chi connectivity index (χ3v) is 6.18. The minimum absolute atomic E-state index is 0.132. The second kappa shape index (κ2) is 8.25. The van der Waals surface area contributed by atoms with Crippen LogP contribution in [0.4, 0.5) is 0 Å². The van der Waals surface area contributed by atoms with Crippen molar-refractivity contribution >= 4 is 17.7 Å². The van der Waals surface area contributed by atoms with Gasteiger partial charge in [0, 0.05) is 18.7 Å². The molecule has 140 valence electrons. The molecule has 1 aromatic heterocycles. The van der Waals surface area contributed by atoms with Crippen LogP contribution in [0.3, 0.4) is 0 Å². The fourth-order valence-corrected chi connectivity index (χ4v) is 4.17. The first-order valence-electron chi connectivity index (χ1n) is 9.30. The van der Waals surface area contributed by atoms with E-state index in [1.807, 2.05) is 37.1 Å². The van der Waals surface area contributed by atoms with Crippen molar-refractivity contribution in [2.75, 3.05) is 7.05 Å². The van der Waals surface area contributed by atoms with Crippen LogP contribution in [0.15, 0.2) is 27.8 Å². The van der Waals surface area contributed by atoms with Crippen molar-refractivity contribution in [1.29, 1.82) is 0 Å². The largest absolute Gasteiger partial charge is 0.411 e. The number of amides is 1. The Labute approximate surface area is 159 Å². The molecule has 1 aromatic carbocycles. The first-order chi connectivity index (χ1) is 12.5. The van der Waals surface area contributed by atoms with Crippen LogP contribution in [0, 0.1) is 13.8 Å². The van der Waals surface area contributed by atoms with Gasteiger partial charge in [-0.2, -0.15) is 0 Å². The molecule has 6 heteroatoms. The summed E-state index contributed by atoms with van der Waals surface area (Å²) in [6.45, 7) is 6.04. The lowest BCUT2D eigenvalue weighted by Gasteiger charge is -2.32. The second-order valence-corrected chi connectivity index (χ2v) is 8.47. The Morgan fingerprint density at radius 2 is 1.92 bits per heavy atom. The van der Waals surface area contributed by atoms with Gasteiger partial charge in [-0.25, -0.2) is 0 Å². The van der Waals surface area contributed by atoms with Crippen molar-refractivity contribution in [3.63, 3.8) is 0 Å². The predicted molar refractivity (Wildman–Crippen MR) is 104 cm³/mol. The quantitative estimate of drug-likeness (QED) is 0.716. The van der Waals surface area contributed by atoms with E-state index in [1.54, 1.807) is 0 Å². The monoisotopic (exact) mass is 373 g/mol. The van der Waals surface area contributed by atoms with Gasteiger partial charge in [0.2, 0.25) is 11.8 Å². The number of aromatic nitrogens is 2. The molecule has 1 amide bonds. The first-order valence-corrected chi connectivity index (χ1v) is 10.2. The van der Waals surface area contributed by atoms with Gasteiger partial charge in [0.1, 0.15) is 0 Å². The molecule has 0 saturated heterocycles. The summed E-state index contributed by atoms with van der Waals surface area (Å²) in [7, 11) is 1.92. The highest BCUT2D eigenvalue weighted by atomic mass is 32.2. The van der Waals surface area contributed by atoms with Gasteiger partial charge < -0.3 is 9.32 Å². The summed E-state index contributed by atoms with van der Waals surface area (Å²) in [4.78, 5) is 14.6. The molecule has 1 saturated carbocycles. The maximum atomic E-state index is 12.7. The van der Waals surface area contributed by atoms with Crippen LogP contribution in [0.2, 0.25) is 0 Å². The number of hydrogen-bond acceptors (Lipinski definition) is 5. The first kappa shape index (κ1) is 19.0. The minimum Gasteiger partial charge on any atom is -0.411 e. The van der Waals surface area contributed by atoms with E-state index < -0.39 is 0 Å². The number of carbonyl (C=O) groups is 1. The van der Waals surface area contributed by atoms with Crippen LogP contribution in [0.25, 0.3) is 11.5 Å². The molecule has 1 aliphatic carbocycles. The van der Waals surface area contributed by atoms with Gasteiger partial charge >= 0.3 is 0 Å². The summed E-state index contributed by atoms with van der Waals surface area (Å²) in [5.74, 6) is 0.628. The van der Waals surface area contributed by atoms with Crippen molar-refractivity contribution in [2.45, 2.75) is 69.4 Å². The van der Waals surface area contributed by atoms with Gasteiger partial charge in [0.25, 0.3) is 5.22 Å². The Morgan fingerprint density at radius 3 is 2.62 bits per heavy atom. The molecule has 0 radical (unpaired) electrons. The van der Waals surface area contributed by atoms with E-state index in [0.29, 0.717) is 17.2 Å². The van der Waals surface area contributed by atoms with Gasteiger partial charge in [-0.1, -0.05) is 37.1 Å². The highest BCUT2D eigenvalue weighted by Crippen LogP contribution is 2.29. The zero-order valence-electron chi connectivity index (χ0n) is 16.0. The number of carbonyl (C=O) groups excluding carboxylic acids is 1. The van der Waals surface area contributed by atoms with Crippen LogP contribution in [-0.4, -0.2) is 39.3 Å². The third-order valence-electron chi connectivity index (χ3n) is 5.26. The Hall–Kier alpha value is -1.82. The van der Waals surface area contributed by atoms with Crippen LogP contribution >= 0.6 is 11.8 Å². The molecule has 1 fully saturated rings. The highest BCUT2D eigenvalue weighted by molar-refractivity contribution is 8.00. The molecule has 0 bridgehead atoms. The number of nitrogens with zero attached hydrogens (tertiary/aromatic N) is 3. The standard InChI is InChI=1S/C20H27N3O2S/c1-13-10-11-16(12-14(13)2)18-21-22-20(25-18)26-15(3)19(24)23(4)17-8-6-5-7-9-17/h10-12,15,17H,5-9H2,1-4H3. The van der Waals surface area contributed by atoms with E-state index in [-0.39, 0.29) is 11.2 Å². The summed E-state index contributed by atoms with van der Waals surface area (Å²) in [5.41, 5.74) is 3.33. The maximum absolute atomic E-state index is 12.7. The van der Waals surface area contributed by atoms with Crippen molar-refractivity contribution < 1.29 is 9.21 Å². The average molecular weight is 374 g/mol. The van der Waals surface area contributed by atoms with Crippen molar-refractivity contribution in [1.82, 2.24) is 15.1 Å². The van der Waals surface area contributed by atoms with Crippen LogP contribution in [0.1, 0.15) is 50.2 Å². The Morgan fingerprint density at radius 1 is 1.19 bits per heavy atom. The van der Waals surface area contributed by atoms with E-state index >= 15 is 0 Å². The molecule has 0 aliphatic heterocycles. The zero-order chi connectivity index (χ0) is 18.7. The summed E-state index contributed by atoms with van der Waals surface area (Å²) in [5, 5.41) is 8.46. The number of thioether (sulfide) groups is 1. The summed E-state index contributed by atoms with van der Waals surface area (Å²) >= 11 is 1.34. The third kappa shape index (κ3) is 4.29. The molecule has 1 unspecified atom stereocenters. The molecule has 2 aromatic rings. The zero-order valence-corrected chi connectivity index (χ0v) is 16.8. The van der Waals surface area contributed by atoms with E-state index in [2.05, 4.69) is 24.0 Å². The Balaban J connectivity index is 1.64. The minimum atomic E-state index is -0.241. The normalized spacial score (nSPS) is 16.5. The van der Waals surface area contributed by atoms with Gasteiger partial charge in [0.15, 0.2) is 0 Å². The lowest BCUT2D eigenvalue weighted by molar-refractivity contribution is -0.131. The predicted octanol–water partition coefficient (Wildman–Crippen LogP) is 4.63. The van der Waals surface area contributed by atoms with Crippen LogP contribution in [0.5, 0.6) is 0 Å². The van der Waals surface area contributed by atoms with E-state index in [4.69, 9.17) is 4.42 Å². The maximum Gasteiger partial charge on any atom is 0.277 e. The Kier molecular flexibility index (Phi) is 6.01. The topological polar surface area (TPSA) is 59.2 Å². The smallest absolute Gasteiger partial charge is 0.277 e. The molecule has 0 spiro atoms. The van der Waals surface area contributed by atoms with E-state index in [1.165, 1.54) is 42.2 Å². The van der Waals surface area contributed by atoms with Gasteiger partial charge in [-0.3, -0.25) is 4.79 Å². The fourth-order valence-electron chi connectivity index (χ4n) is 3.39. The van der Waals surface area contributed by atoms with Crippen molar-refractivity contribution in [3.8, 4) is 11.5 Å². The van der Waals surface area contributed by atoms with Gasteiger partial charge in [-0.05, 0) is 56.9 Å². The average Bonchev–Trinajstić information content (AvgIpc) is 3.12. The lowest BCUT2D eigenvalue weighted by atomic mass is 9.94. The lowest BCUT2D eigenvalue weighted by Crippen LogP contribution is -2.42. The second-order valence-electron chi connectivity index (χ2n) is 7.17. The molecule has 0 N–H and O–H groups in total. The Bertz CT molecular complexity index is 768. The summed E-state index contributed by atoms with van der Waals surface area (Å²) in [6.07, 6.45) is 5.93. The van der Waals surface area contributed by atoms with Crippen LogP contribution in [-0.2, 0) is 4.79 Å².